The summed E-state index contributed by atoms with van der Waals surface area (Å²) < 4.78 is 1.82. The molecule has 0 aliphatic heterocycles. The Morgan fingerprint density at radius 3 is 2.50 bits per heavy atom. The van der Waals surface area contributed by atoms with Crippen LogP contribution in [0.1, 0.15) is 29.1 Å². The van der Waals surface area contributed by atoms with E-state index < -0.39 is 6.04 Å². The van der Waals surface area contributed by atoms with Crippen molar-refractivity contribution in [3.05, 3.63) is 82.6 Å². The van der Waals surface area contributed by atoms with Gasteiger partial charge in [0.25, 0.3) is 5.91 Å². The van der Waals surface area contributed by atoms with Crippen LogP contribution in [-0.2, 0) is 11.3 Å². The first-order chi connectivity index (χ1) is 15.4. The lowest BCUT2D eigenvalue weighted by molar-refractivity contribution is -0.113. The van der Waals surface area contributed by atoms with Crippen LogP contribution in [0.3, 0.4) is 0 Å². The van der Waals surface area contributed by atoms with Gasteiger partial charge in [-0.3, -0.25) is 9.59 Å². The summed E-state index contributed by atoms with van der Waals surface area (Å²) in [5, 5.41) is 15.5. The Labute approximate surface area is 200 Å². The van der Waals surface area contributed by atoms with Gasteiger partial charge in [0, 0.05) is 27.8 Å². The normalized spacial score (nSPS) is 11.6. The fourth-order valence-corrected chi connectivity index (χ4v) is 4.20. The van der Waals surface area contributed by atoms with E-state index in [1.165, 1.54) is 11.8 Å². The minimum absolute atomic E-state index is 0.101. The lowest BCUT2D eigenvalue weighted by atomic mass is 10.2. The number of hydrogen-bond donors (Lipinski definition) is 2. The summed E-state index contributed by atoms with van der Waals surface area (Å²) >= 11 is 13.2. The number of hydrogen-bond acceptors (Lipinski definition) is 5. The first-order valence-electron chi connectivity index (χ1n) is 9.66. The predicted molar refractivity (Wildman–Crippen MR) is 128 cm³/mol. The standard InChI is InChI=1S/C22H21Cl2N5O2S/c1-3-9-29-20(14(2)25-21(31)15-7-5-4-6-8-15)27-28-22(29)32-13-19(30)26-18-11-16(23)10-17(24)12-18/h3-8,10-12,14H,1,9,13H2,2H3,(H,25,31)(H,26,30)/t14-/m1/s1. The van der Waals surface area contributed by atoms with Gasteiger partial charge in [-0.1, -0.05) is 59.2 Å². The molecule has 3 rings (SSSR count). The number of nitrogens with one attached hydrogen (secondary N) is 2. The van der Waals surface area contributed by atoms with Crippen molar-refractivity contribution in [2.24, 2.45) is 0 Å². The number of halogens is 2. The molecule has 0 fully saturated rings. The molecule has 0 unspecified atom stereocenters. The van der Waals surface area contributed by atoms with E-state index in [9.17, 15) is 9.59 Å². The van der Waals surface area contributed by atoms with Crippen LogP contribution in [0.25, 0.3) is 0 Å². The second-order valence-electron chi connectivity index (χ2n) is 6.80. The van der Waals surface area contributed by atoms with Crippen molar-refractivity contribution in [2.45, 2.75) is 24.7 Å². The minimum Gasteiger partial charge on any atom is -0.342 e. The Morgan fingerprint density at radius 1 is 1.16 bits per heavy atom. The summed E-state index contributed by atoms with van der Waals surface area (Å²) in [4.78, 5) is 24.8. The highest BCUT2D eigenvalue weighted by Gasteiger charge is 2.20. The van der Waals surface area contributed by atoms with Crippen LogP contribution in [0.2, 0.25) is 10.0 Å². The molecule has 0 aliphatic rings. The Kier molecular flexibility index (Phi) is 8.33. The molecule has 0 radical (unpaired) electrons. The van der Waals surface area contributed by atoms with Crippen molar-refractivity contribution in [1.29, 1.82) is 0 Å². The number of anilines is 1. The average molecular weight is 490 g/mol. The summed E-state index contributed by atoms with van der Waals surface area (Å²) in [7, 11) is 0. The zero-order valence-electron chi connectivity index (χ0n) is 17.2. The van der Waals surface area contributed by atoms with Crippen molar-refractivity contribution in [2.75, 3.05) is 11.1 Å². The Balaban J connectivity index is 1.66. The van der Waals surface area contributed by atoms with Gasteiger partial charge >= 0.3 is 0 Å². The zero-order valence-corrected chi connectivity index (χ0v) is 19.5. The number of carbonyl (C=O) groups is 2. The van der Waals surface area contributed by atoms with Crippen molar-refractivity contribution >= 4 is 52.5 Å². The highest BCUT2D eigenvalue weighted by atomic mass is 35.5. The zero-order chi connectivity index (χ0) is 23.1. The van der Waals surface area contributed by atoms with E-state index in [0.717, 1.165) is 0 Å². The van der Waals surface area contributed by atoms with Gasteiger partial charge in [-0.05, 0) is 37.3 Å². The van der Waals surface area contributed by atoms with E-state index in [2.05, 4.69) is 27.4 Å². The van der Waals surface area contributed by atoms with Crippen molar-refractivity contribution < 1.29 is 9.59 Å². The largest absolute Gasteiger partial charge is 0.342 e. The molecule has 3 aromatic rings. The van der Waals surface area contributed by atoms with Crippen LogP contribution in [0.4, 0.5) is 5.69 Å². The molecule has 32 heavy (non-hydrogen) atoms. The maximum absolute atomic E-state index is 12.5. The fourth-order valence-electron chi connectivity index (χ4n) is 2.92. The lowest BCUT2D eigenvalue weighted by Gasteiger charge is -2.15. The van der Waals surface area contributed by atoms with E-state index >= 15 is 0 Å². The van der Waals surface area contributed by atoms with Gasteiger partial charge < -0.3 is 15.2 Å². The highest BCUT2D eigenvalue weighted by molar-refractivity contribution is 7.99. The second kappa shape index (κ2) is 11.2. The molecule has 1 aromatic heterocycles. The Morgan fingerprint density at radius 2 is 1.84 bits per heavy atom. The van der Waals surface area contributed by atoms with Gasteiger partial charge in [-0.15, -0.1) is 16.8 Å². The maximum Gasteiger partial charge on any atom is 0.251 e. The van der Waals surface area contributed by atoms with Crippen LogP contribution >= 0.6 is 35.0 Å². The molecular weight excluding hydrogens is 469 g/mol. The predicted octanol–water partition coefficient (Wildman–Crippen LogP) is 4.99. The number of allylic oxidation sites excluding steroid dienone is 1. The number of amides is 2. The molecule has 0 saturated heterocycles. The van der Waals surface area contributed by atoms with Crippen LogP contribution in [0, 0.1) is 0 Å². The van der Waals surface area contributed by atoms with Gasteiger partial charge in [-0.25, -0.2) is 0 Å². The maximum atomic E-state index is 12.5. The summed E-state index contributed by atoms with van der Waals surface area (Å²) in [5.74, 6) is 0.219. The minimum atomic E-state index is -0.396. The molecule has 0 bridgehead atoms. The van der Waals surface area contributed by atoms with Crippen molar-refractivity contribution in [3.63, 3.8) is 0 Å². The average Bonchev–Trinajstić information content (AvgIpc) is 3.15. The third-order valence-corrected chi connectivity index (χ3v) is 5.71. The molecule has 0 aliphatic carbocycles. The third kappa shape index (κ3) is 6.35. The smallest absolute Gasteiger partial charge is 0.251 e. The van der Waals surface area contributed by atoms with Crippen LogP contribution in [0.5, 0.6) is 0 Å². The SMILES string of the molecule is C=CCn1c(SCC(=O)Nc2cc(Cl)cc(Cl)c2)nnc1[C@@H](C)NC(=O)c1ccccc1. The number of aromatic nitrogens is 3. The third-order valence-electron chi connectivity index (χ3n) is 4.31. The van der Waals surface area contributed by atoms with E-state index in [1.807, 2.05) is 17.6 Å². The van der Waals surface area contributed by atoms with Gasteiger partial charge in [0.05, 0.1) is 11.8 Å². The number of thioether (sulfide) groups is 1. The fraction of sp³-hybridized carbons (Fsp3) is 0.182. The molecule has 1 heterocycles. The number of nitrogens with zero attached hydrogens (tertiary/aromatic N) is 3. The number of benzene rings is 2. The van der Waals surface area contributed by atoms with Gasteiger partial charge in [0.1, 0.15) is 0 Å². The van der Waals surface area contributed by atoms with Gasteiger partial charge in [-0.2, -0.15) is 0 Å². The number of rotatable bonds is 9. The van der Waals surface area contributed by atoms with Crippen molar-refractivity contribution in [1.82, 2.24) is 20.1 Å². The highest BCUT2D eigenvalue weighted by Crippen LogP contribution is 2.24. The van der Waals surface area contributed by atoms with E-state index in [1.54, 1.807) is 48.5 Å². The first kappa shape index (κ1) is 23.8. The molecule has 10 heteroatoms. The number of carbonyl (C=O) groups excluding carboxylic acids is 2. The molecule has 2 amide bonds. The molecular formula is C22H21Cl2N5O2S. The summed E-state index contributed by atoms with van der Waals surface area (Å²) in [6.45, 7) is 6.04. The van der Waals surface area contributed by atoms with Crippen LogP contribution < -0.4 is 10.6 Å². The monoisotopic (exact) mass is 489 g/mol. The van der Waals surface area contributed by atoms with Crippen LogP contribution in [-0.4, -0.2) is 32.3 Å². The lowest BCUT2D eigenvalue weighted by Crippen LogP contribution is -2.28. The molecule has 2 N–H and O–H groups in total. The van der Waals surface area contributed by atoms with Crippen LogP contribution in [0.15, 0.2) is 66.3 Å². The van der Waals surface area contributed by atoms with E-state index in [0.29, 0.717) is 38.8 Å². The molecule has 166 valence electrons. The van der Waals surface area contributed by atoms with E-state index in [-0.39, 0.29) is 17.6 Å². The van der Waals surface area contributed by atoms with Crippen molar-refractivity contribution in [3.8, 4) is 0 Å². The topological polar surface area (TPSA) is 88.9 Å². The summed E-state index contributed by atoms with van der Waals surface area (Å²) in [5.41, 5.74) is 1.07. The molecule has 0 saturated carbocycles. The molecule has 2 aromatic carbocycles. The van der Waals surface area contributed by atoms with Gasteiger partial charge in [0.2, 0.25) is 5.91 Å². The summed E-state index contributed by atoms with van der Waals surface area (Å²) in [6.07, 6.45) is 1.71. The quantitative estimate of drug-likeness (QED) is 0.326. The van der Waals surface area contributed by atoms with E-state index in [4.69, 9.17) is 23.2 Å². The second-order valence-corrected chi connectivity index (χ2v) is 8.61. The Bertz CT molecular complexity index is 1100. The van der Waals surface area contributed by atoms with Gasteiger partial charge in [0.15, 0.2) is 11.0 Å². The summed E-state index contributed by atoms with van der Waals surface area (Å²) in [6, 6.07) is 13.4. The first-order valence-corrected chi connectivity index (χ1v) is 11.4. The molecule has 0 spiro atoms. The molecule has 7 nitrogen and oxygen atoms in total. The Hall–Kier alpha value is -2.81. The molecule has 1 atom stereocenters.